The van der Waals surface area contributed by atoms with Crippen molar-refractivity contribution < 1.29 is 4.79 Å². The second-order valence-corrected chi connectivity index (χ2v) is 5.24. The lowest BCUT2D eigenvalue weighted by atomic mass is 10.0. The first-order valence-electron chi connectivity index (χ1n) is 6.03. The van der Waals surface area contributed by atoms with Crippen LogP contribution in [0.15, 0.2) is 40.9 Å². The number of aryl methyl sites for hydroxylation is 1. The maximum Gasteiger partial charge on any atom is 0.170 e. The molecule has 2 rings (SSSR count). The topological polar surface area (TPSA) is 42.0 Å². The molecular weight excluding hydrogens is 304 g/mol. The minimum atomic E-state index is 0.0687. The number of Topliss-reactive ketones (excluding diaryl/α,β-unsaturated/α-hetero) is 1. The molecule has 0 radical (unpaired) electrons. The highest BCUT2D eigenvalue weighted by Gasteiger charge is 2.12. The number of carbonyl (C=O) groups is 1. The van der Waals surface area contributed by atoms with Crippen molar-refractivity contribution in [2.75, 3.05) is 12.4 Å². The molecule has 0 saturated heterocycles. The number of carbonyl (C=O) groups excluding carboxylic acids is 1. The number of rotatable bonds is 4. The molecule has 0 aliphatic carbocycles. The molecule has 0 saturated carbocycles. The van der Waals surface area contributed by atoms with Crippen LogP contribution in [0.3, 0.4) is 0 Å². The van der Waals surface area contributed by atoms with Gasteiger partial charge in [-0.05, 0) is 36.8 Å². The predicted octanol–water partition coefficient (Wildman–Crippen LogP) is 3.62. The van der Waals surface area contributed by atoms with Crippen molar-refractivity contribution in [3.63, 3.8) is 0 Å². The van der Waals surface area contributed by atoms with E-state index in [1.54, 1.807) is 7.05 Å². The van der Waals surface area contributed by atoms with E-state index >= 15 is 0 Å². The molecule has 0 atom stereocenters. The van der Waals surface area contributed by atoms with Gasteiger partial charge in [0.05, 0.1) is 5.56 Å². The lowest BCUT2D eigenvalue weighted by Gasteiger charge is -2.08. The minimum Gasteiger partial charge on any atom is -0.373 e. The summed E-state index contributed by atoms with van der Waals surface area (Å²) in [5.74, 6) is 0.710. The number of nitrogens with one attached hydrogen (secondary N) is 1. The number of nitrogens with zero attached hydrogens (tertiary/aromatic N) is 1. The van der Waals surface area contributed by atoms with Crippen LogP contribution in [0.5, 0.6) is 0 Å². The van der Waals surface area contributed by atoms with Crippen LogP contribution in [0, 0.1) is 6.92 Å². The molecule has 1 aromatic heterocycles. The van der Waals surface area contributed by atoms with Gasteiger partial charge in [-0.15, -0.1) is 0 Å². The summed E-state index contributed by atoms with van der Waals surface area (Å²) < 4.78 is 1.01. The summed E-state index contributed by atoms with van der Waals surface area (Å²) in [5, 5.41) is 2.97. The number of halogens is 1. The fourth-order valence-corrected chi connectivity index (χ4v) is 2.12. The Labute approximate surface area is 121 Å². The lowest BCUT2D eigenvalue weighted by Crippen LogP contribution is -2.09. The summed E-state index contributed by atoms with van der Waals surface area (Å²) in [4.78, 5) is 16.6. The van der Waals surface area contributed by atoms with E-state index in [9.17, 15) is 4.79 Å². The highest BCUT2D eigenvalue weighted by Crippen LogP contribution is 2.17. The molecule has 1 heterocycles. The van der Waals surface area contributed by atoms with Crippen LogP contribution >= 0.6 is 15.9 Å². The fourth-order valence-electron chi connectivity index (χ4n) is 1.86. The Balaban J connectivity index is 2.22. The average molecular weight is 319 g/mol. The predicted molar refractivity (Wildman–Crippen MR) is 80.7 cm³/mol. The fraction of sp³-hybridized carbons (Fsp3) is 0.200. The molecule has 0 bridgehead atoms. The molecule has 0 unspecified atom stereocenters. The van der Waals surface area contributed by atoms with Crippen molar-refractivity contribution in [1.29, 1.82) is 0 Å². The Bertz CT molecular complexity index is 594. The summed E-state index contributed by atoms with van der Waals surface area (Å²) in [6.45, 7) is 1.91. The zero-order chi connectivity index (χ0) is 13.8. The van der Waals surface area contributed by atoms with Gasteiger partial charge in [-0.3, -0.25) is 4.79 Å². The van der Waals surface area contributed by atoms with Gasteiger partial charge in [0.1, 0.15) is 5.82 Å². The summed E-state index contributed by atoms with van der Waals surface area (Å²) in [6, 6.07) is 11.5. The molecule has 1 N–H and O–H groups in total. The van der Waals surface area contributed by atoms with E-state index < -0.39 is 0 Å². The van der Waals surface area contributed by atoms with Crippen LogP contribution in [0.1, 0.15) is 21.6 Å². The van der Waals surface area contributed by atoms with Crippen molar-refractivity contribution in [1.82, 2.24) is 4.98 Å². The van der Waals surface area contributed by atoms with Crippen molar-refractivity contribution >= 4 is 27.5 Å². The van der Waals surface area contributed by atoms with Crippen LogP contribution in [-0.2, 0) is 6.42 Å². The SMILES string of the molecule is CNc1nc(C)ccc1C(=O)Cc1ccc(Br)cc1. The zero-order valence-corrected chi connectivity index (χ0v) is 12.5. The van der Waals surface area contributed by atoms with Crippen LogP contribution in [0.25, 0.3) is 0 Å². The second kappa shape index (κ2) is 5.97. The number of hydrogen-bond acceptors (Lipinski definition) is 3. The lowest BCUT2D eigenvalue weighted by molar-refractivity contribution is 0.0993. The summed E-state index contributed by atoms with van der Waals surface area (Å²) in [5.41, 5.74) is 2.52. The van der Waals surface area contributed by atoms with Crippen LogP contribution in [-0.4, -0.2) is 17.8 Å². The standard InChI is InChI=1S/C15H15BrN2O/c1-10-3-8-13(15(17-2)18-10)14(19)9-11-4-6-12(16)7-5-11/h3-8H,9H2,1-2H3,(H,17,18). The van der Waals surface area contributed by atoms with Gasteiger partial charge in [-0.1, -0.05) is 28.1 Å². The van der Waals surface area contributed by atoms with Gasteiger partial charge in [-0.25, -0.2) is 4.98 Å². The van der Waals surface area contributed by atoms with Crippen molar-refractivity contribution in [3.8, 4) is 0 Å². The van der Waals surface area contributed by atoms with Crippen LogP contribution < -0.4 is 5.32 Å². The molecule has 0 aliphatic rings. The van der Waals surface area contributed by atoms with Crippen molar-refractivity contribution in [3.05, 3.63) is 57.7 Å². The van der Waals surface area contributed by atoms with Gasteiger partial charge >= 0.3 is 0 Å². The molecule has 0 aliphatic heterocycles. The third kappa shape index (κ3) is 3.41. The molecule has 0 spiro atoms. The van der Waals surface area contributed by atoms with Gasteiger partial charge in [0, 0.05) is 23.6 Å². The maximum absolute atomic E-state index is 12.3. The Hall–Kier alpha value is -1.68. The summed E-state index contributed by atoms with van der Waals surface area (Å²) >= 11 is 3.38. The quantitative estimate of drug-likeness (QED) is 0.875. The van der Waals surface area contributed by atoms with Crippen molar-refractivity contribution in [2.24, 2.45) is 0 Å². The number of pyridine rings is 1. The van der Waals surface area contributed by atoms with Gasteiger partial charge in [0.15, 0.2) is 5.78 Å². The number of ketones is 1. The monoisotopic (exact) mass is 318 g/mol. The highest BCUT2D eigenvalue weighted by atomic mass is 79.9. The van der Waals surface area contributed by atoms with E-state index in [4.69, 9.17) is 0 Å². The van der Waals surface area contributed by atoms with E-state index in [0.29, 0.717) is 17.8 Å². The Kier molecular flexibility index (Phi) is 4.32. The third-order valence-electron chi connectivity index (χ3n) is 2.85. The van der Waals surface area contributed by atoms with E-state index in [0.717, 1.165) is 15.7 Å². The smallest absolute Gasteiger partial charge is 0.170 e. The first kappa shape index (κ1) is 13.7. The number of anilines is 1. The minimum absolute atomic E-state index is 0.0687. The number of hydrogen-bond donors (Lipinski definition) is 1. The zero-order valence-electron chi connectivity index (χ0n) is 10.9. The normalized spacial score (nSPS) is 10.3. The largest absolute Gasteiger partial charge is 0.373 e. The third-order valence-corrected chi connectivity index (χ3v) is 3.38. The molecular formula is C15H15BrN2O. The maximum atomic E-state index is 12.3. The molecule has 1 aromatic carbocycles. The van der Waals surface area contributed by atoms with Crippen molar-refractivity contribution in [2.45, 2.75) is 13.3 Å². The van der Waals surface area contributed by atoms with E-state index in [-0.39, 0.29) is 5.78 Å². The second-order valence-electron chi connectivity index (χ2n) is 4.33. The molecule has 4 heteroatoms. The molecule has 19 heavy (non-hydrogen) atoms. The number of aromatic nitrogens is 1. The average Bonchev–Trinajstić information content (AvgIpc) is 2.41. The van der Waals surface area contributed by atoms with Gasteiger partial charge < -0.3 is 5.32 Å². The summed E-state index contributed by atoms with van der Waals surface area (Å²) in [7, 11) is 1.78. The first-order valence-corrected chi connectivity index (χ1v) is 6.82. The van der Waals surface area contributed by atoms with Crippen LogP contribution in [0.2, 0.25) is 0 Å². The Morgan fingerprint density at radius 1 is 1.21 bits per heavy atom. The highest BCUT2D eigenvalue weighted by molar-refractivity contribution is 9.10. The molecule has 0 fully saturated rings. The first-order chi connectivity index (χ1) is 9.10. The molecule has 0 amide bonds. The van der Waals surface area contributed by atoms with Gasteiger partial charge in [-0.2, -0.15) is 0 Å². The van der Waals surface area contributed by atoms with E-state index in [1.165, 1.54) is 0 Å². The van der Waals surface area contributed by atoms with Gasteiger partial charge in [0.2, 0.25) is 0 Å². The summed E-state index contributed by atoms with van der Waals surface area (Å²) in [6.07, 6.45) is 0.382. The molecule has 3 nitrogen and oxygen atoms in total. The van der Waals surface area contributed by atoms with Gasteiger partial charge in [0.25, 0.3) is 0 Å². The molecule has 98 valence electrons. The van der Waals surface area contributed by atoms with E-state index in [2.05, 4.69) is 26.2 Å². The number of benzene rings is 1. The Morgan fingerprint density at radius 2 is 1.89 bits per heavy atom. The Morgan fingerprint density at radius 3 is 2.53 bits per heavy atom. The van der Waals surface area contributed by atoms with E-state index in [1.807, 2.05) is 43.3 Å². The van der Waals surface area contributed by atoms with Crippen LogP contribution in [0.4, 0.5) is 5.82 Å². The molecule has 2 aromatic rings.